The van der Waals surface area contributed by atoms with Gasteiger partial charge in [-0.25, -0.2) is 0 Å². The van der Waals surface area contributed by atoms with E-state index in [0.29, 0.717) is 0 Å². The number of anilines is 2. The van der Waals surface area contributed by atoms with Gasteiger partial charge in [-0.05, 0) is 52.9 Å². The van der Waals surface area contributed by atoms with Gasteiger partial charge >= 0.3 is 0 Å². The fourth-order valence-electron chi connectivity index (χ4n) is 1.59. The molecule has 0 saturated heterocycles. The molecular formula is C12H12ClIN2S. The first-order chi connectivity index (χ1) is 8.06. The lowest BCUT2D eigenvalue weighted by molar-refractivity contribution is 0.937. The SMILES string of the molecule is CN(Cc1ccc(Cl)s1)c1ccc(N)cc1I. The summed E-state index contributed by atoms with van der Waals surface area (Å²) < 4.78 is 1.99. The molecule has 0 amide bonds. The van der Waals surface area contributed by atoms with Gasteiger partial charge in [-0.15, -0.1) is 11.3 Å². The van der Waals surface area contributed by atoms with Crippen LogP contribution in [-0.4, -0.2) is 7.05 Å². The van der Waals surface area contributed by atoms with Gasteiger partial charge < -0.3 is 10.6 Å². The fraction of sp³-hybridized carbons (Fsp3) is 0.167. The smallest absolute Gasteiger partial charge is 0.0931 e. The van der Waals surface area contributed by atoms with E-state index in [1.165, 1.54) is 10.6 Å². The molecule has 2 rings (SSSR count). The first-order valence-electron chi connectivity index (χ1n) is 5.06. The molecule has 1 aromatic carbocycles. The van der Waals surface area contributed by atoms with Gasteiger partial charge in [0, 0.05) is 21.2 Å². The van der Waals surface area contributed by atoms with E-state index in [9.17, 15) is 0 Å². The van der Waals surface area contributed by atoms with Gasteiger partial charge in [0.2, 0.25) is 0 Å². The predicted octanol–water partition coefficient (Wildman–Crippen LogP) is 4.22. The van der Waals surface area contributed by atoms with Gasteiger partial charge in [-0.1, -0.05) is 11.6 Å². The monoisotopic (exact) mass is 378 g/mol. The third-order valence-electron chi connectivity index (χ3n) is 2.40. The Morgan fingerprint density at radius 2 is 2.12 bits per heavy atom. The summed E-state index contributed by atoms with van der Waals surface area (Å²) in [5, 5.41) is 0. The predicted molar refractivity (Wildman–Crippen MR) is 85.0 cm³/mol. The van der Waals surface area contributed by atoms with Crippen LogP contribution in [0, 0.1) is 3.57 Å². The van der Waals surface area contributed by atoms with Crippen LogP contribution in [0.15, 0.2) is 30.3 Å². The summed E-state index contributed by atoms with van der Waals surface area (Å²) in [6.07, 6.45) is 0. The van der Waals surface area contributed by atoms with E-state index >= 15 is 0 Å². The largest absolute Gasteiger partial charge is 0.399 e. The zero-order valence-electron chi connectivity index (χ0n) is 9.28. The minimum absolute atomic E-state index is 0.797. The van der Waals surface area contributed by atoms with Gasteiger partial charge in [0.15, 0.2) is 0 Å². The third kappa shape index (κ3) is 3.26. The number of halogens is 2. The molecule has 5 heteroatoms. The molecule has 2 N–H and O–H groups in total. The van der Waals surface area contributed by atoms with Crippen molar-refractivity contribution in [1.29, 1.82) is 0 Å². The van der Waals surface area contributed by atoms with Crippen LogP contribution in [0.5, 0.6) is 0 Å². The summed E-state index contributed by atoms with van der Waals surface area (Å²) in [5.41, 5.74) is 7.73. The lowest BCUT2D eigenvalue weighted by Crippen LogP contribution is -2.16. The summed E-state index contributed by atoms with van der Waals surface area (Å²) in [6, 6.07) is 9.95. The first kappa shape index (κ1) is 13.0. The Morgan fingerprint density at radius 3 is 2.71 bits per heavy atom. The Labute approximate surface area is 124 Å². The fourth-order valence-corrected chi connectivity index (χ4v) is 3.68. The third-order valence-corrected chi connectivity index (χ3v) is 4.48. The Kier molecular flexibility index (Phi) is 4.17. The maximum absolute atomic E-state index is 5.92. The van der Waals surface area contributed by atoms with E-state index in [0.717, 1.165) is 20.1 Å². The van der Waals surface area contributed by atoms with Crippen LogP contribution in [0.25, 0.3) is 0 Å². The number of thiophene rings is 1. The molecular weight excluding hydrogens is 367 g/mol. The van der Waals surface area contributed by atoms with Crippen LogP contribution in [0.4, 0.5) is 11.4 Å². The lowest BCUT2D eigenvalue weighted by atomic mass is 10.2. The van der Waals surface area contributed by atoms with Gasteiger partial charge in [-0.3, -0.25) is 0 Å². The van der Waals surface area contributed by atoms with Crippen molar-refractivity contribution in [3.8, 4) is 0 Å². The highest BCUT2D eigenvalue weighted by atomic mass is 127. The van der Waals surface area contributed by atoms with Crippen molar-refractivity contribution in [1.82, 2.24) is 0 Å². The average molecular weight is 379 g/mol. The standard InChI is InChI=1S/C12H12ClIN2S/c1-16(7-9-3-5-12(13)17-9)11-4-2-8(15)6-10(11)14/h2-6H,7,15H2,1H3. The van der Waals surface area contributed by atoms with Crippen molar-refractivity contribution < 1.29 is 0 Å². The lowest BCUT2D eigenvalue weighted by Gasteiger charge is -2.20. The number of rotatable bonds is 3. The minimum atomic E-state index is 0.797. The molecule has 0 unspecified atom stereocenters. The molecule has 0 atom stereocenters. The van der Waals surface area contributed by atoms with E-state index < -0.39 is 0 Å². The van der Waals surface area contributed by atoms with Crippen molar-refractivity contribution >= 4 is 56.9 Å². The number of nitrogens with two attached hydrogens (primary N) is 1. The van der Waals surface area contributed by atoms with Crippen LogP contribution in [0.1, 0.15) is 4.88 Å². The molecule has 0 fully saturated rings. The van der Waals surface area contributed by atoms with Crippen molar-refractivity contribution in [2.24, 2.45) is 0 Å². The Hall–Kier alpha value is -0.460. The van der Waals surface area contributed by atoms with Crippen molar-refractivity contribution in [3.63, 3.8) is 0 Å². The molecule has 2 nitrogen and oxygen atoms in total. The van der Waals surface area contributed by atoms with Gasteiger partial charge in [-0.2, -0.15) is 0 Å². The van der Waals surface area contributed by atoms with Crippen LogP contribution >= 0.6 is 45.5 Å². The molecule has 1 heterocycles. The van der Waals surface area contributed by atoms with Gasteiger partial charge in [0.05, 0.1) is 16.6 Å². The zero-order chi connectivity index (χ0) is 12.4. The molecule has 90 valence electrons. The summed E-state index contributed by atoms with van der Waals surface area (Å²) in [4.78, 5) is 3.45. The summed E-state index contributed by atoms with van der Waals surface area (Å²) >= 11 is 9.85. The van der Waals surface area contributed by atoms with Crippen LogP contribution < -0.4 is 10.6 Å². The Morgan fingerprint density at radius 1 is 1.35 bits per heavy atom. The van der Waals surface area contributed by atoms with Gasteiger partial charge in [0.25, 0.3) is 0 Å². The number of benzene rings is 1. The number of hydrogen-bond donors (Lipinski definition) is 1. The highest BCUT2D eigenvalue weighted by Gasteiger charge is 2.08. The topological polar surface area (TPSA) is 29.3 Å². The molecule has 0 aliphatic carbocycles. The average Bonchev–Trinajstić information content (AvgIpc) is 2.63. The number of nitrogens with zero attached hydrogens (tertiary/aromatic N) is 1. The highest BCUT2D eigenvalue weighted by molar-refractivity contribution is 14.1. The molecule has 0 spiro atoms. The summed E-state index contributed by atoms with van der Waals surface area (Å²) in [7, 11) is 2.07. The van der Waals surface area contributed by atoms with Crippen molar-refractivity contribution in [3.05, 3.63) is 43.1 Å². The first-order valence-corrected chi connectivity index (χ1v) is 7.34. The van der Waals surface area contributed by atoms with Crippen LogP contribution in [0.2, 0.25) is 4.34 Å². The quantitative estimate of drug-likeness (QED) is 0.640. The maximum atomic E-state index is 5.92. The van der Waals surface area contributed by atoms with Crippen molar-refractivity contribution in [2.45, 2.75) is 6.54 Å². The second-order valence-electron chi connectivity index (χ2n) is 3.77. The van der Waals surface area contributed by atoms with Gasteiger partial charge in [0.1, 0.15) is 0 Å². The molecule has 1 aromatic heterocycles. The second-order valence-corrected chi connectivity index (χ2v) is 6.73. The molecule has 0 radical (unpaired) electrons. The van der Waals surface area contributed by atoms with E-state index in [4.69, 9.17) is 17.3 Å². The molecule has 0 bridgehead atoms. The van der Waals surface area contributed by atoms with Crippen LogP contribution in [0.3, 0.4) is 0 Å². The molecule has 0 saturated carbocycles. The van der Waals surface area contributed by atoms with E-state index in [1.54, 1.807) is 11.3 Å². The normalized spacial score (nSPS) is 10.5. The molecule has 0 aliphatic heterocycles. The summed E-state index contributed by atoms with van der Waals surface area (Å²) in [5.74, 6) is 0. The minimum Gasteiger partial charge on any atom is -0.399 e. The zero-order valence-corrected chi connectivity index (χ0v) is 13.0. The molecule has 2 aromatic rings. The second kappa shape index (κ2) is 5.46. The van der Waals surface area contributed by atoms with Crippen molar-refractivity contribution in [2.75, 3.05) is 17.7 Å². The Bertz CT molecular complexity index is 527. The highest BCUT2D eigenvalue weighted by Crippen LogP contribution is 2.27. The Balaban J connectivity index is 2.17. The van der Waals surface area contributed by atoms with E-state index in [-0.39, 0.29) is 0 Å². The summed E-state index contributed by atoms with van der Waals surface area (Å²) in [6.45, 7) is 0.858. The maximum Gasteiger partial charge on any atom is 0.0931 e. The van der Waals surface area contributed by atoms with Crippen LogP contribution in [-0.2, 0) is 6.54 Å². The van der Waals surface area contributed by atoms with E-state index in [1.807, 2.05) is 24.3 Å². The van der Waals surface area contributed by atoms with E-state index in [2.05, 4.69) is 40.6 Å². The molecule has 17 heavy (non-hydrogen) atoms. The number of nitrogen functional groups attached to an aromatic ring is 1. The number of hydrogen-bond acceptors (Lipinski definition) is 3. The molecule has 0 aliphatic rings.